The Hall–Kier alpha value is -4.86. The normalized spacial score (nSPS) is 11.6. The lowest BCUT2D eigenvalue weighted by atomic mass is 9.90. The molecule has 184 valence electrons. The molecule has 1 heterocycles. The molecule has 4 aromatic rings. The molecule has 10 heteroatoms. The molecule has 5 N–H and O–H groups in total. The van der Waals surface area contributed by atoms with Crippen LogP contribution in [0.5, 0.6) is 11.5 Å². The minimum absolute atomic E-state index is 0.0295. The molecule has 1 atom stereocenters. The number of benzene rings is 3. The number of nitrogens with one attached hydrogen (secondary N) is 2. The van der Waals surface area contributed by atoms with Gasteiger partial charge in [-0.1, -0.05) is 42.5 Å². The van der Waals surface area contributed by atoms with Crippen LogP contribution >= 0.6 is 0 Å². The Kier molecular flexibility index (Phi) is 6.86. The highest BCUT2D eigenvalue weighted by atomic mass is 16.5. The average molecular weight is 488 g/mol. The Morgan fingerprint density at radius 1 is 1.08 bits per heavy atom. The van der Waals surface area contributed by atoms with Gasteiger partial charge >= 0.3 is 11.7 Å². The molecule has 0 aliphatic rings. The van der Waals surface area contributed by atoms with E-state index in [4.69, 9.17) is 20.6 Å². The van der Waals surface area contributed by atoms with Crippen LogP contribution in [0.1, 0.15) is 38.8 Å². The van der Waals surface area contributed by atoms with Gasteiger partial charge in [-0.25, -0.2) is 9.59 Å². The summed E-state index contributed by atoms with van der Waals surface area (Å²) in [5, 5.41) is 21.7. The van der Waals surface area contributed by atoms with Gasteiger partial charge in [-0.05, 0) is 41.8 Å². The summed E-state index contributed by atoms with van der Waals surface area (Å²) in [6.45, 7) is 0. The molecule has 4 rings (SSSR count). The second kappa shape index (κ2) is 10.2. The van der Waals surface area contributed by atoms with E-state index in [0.29, 0.717) is 29.3 Å². The standard InChI is InChI=1S/C26H25N5O5/c1-35-21-12-11-17(14-22(21)36-2)19(13-15-7-9-16(10-8-15)23(27)28)24-29-26(34)31(30-24)20-6-4-3-5-18(20)25(32)33/h3-12,14,19H,13H2,1-2H3,(H3,27,28)(H,32,33)(H,29,30,34). The zero-order chi connectivity index (χ0) is 25.8. The third kappa shape index (κ3) is 4.83. The summed E-state index contributed by atoms with van der Waals surface area (Å²) in [5.41, 5.74) is 7.46. The number of nitrogens with zero attached hydrogens (tertiary/aromatic N) is 2. The molecule has 0 aliphatic heterocycles. The largest absolute Gasteiger partial charge is 0.493 e. The van der Waals surface area contributed by atoms with Crippen molar-refractivity contribution < 1.29 is 19.4 Å². The molecule has 10 nitrogen and oxygen atoms in total. The van der Waals surface area contributed by atoms with E-state index in [1.54, 1.807) is 37.4 Å². The third-order valence-electron chi connectivity index (χ3n) is 5.84. The lowest BCUT2D eigenvalue weighted by Gasteiger charge is -2.17. The third-order valence-corrected chi connectivity index (χ3v) is 5.84. The number of methoxy groups -OCH3 is 2. The van der Waals surface area contributed by atoms with E-state index >= 15 is 0 Å². The number of nitrogens with two attached hydrogens (primary N) is 1. The Balaban J connectivity index is 1.82. The molecule has 3 aromatic carbocycles. The van der Waals surface area contributed by atoms with Crippen molar-refractivity contribution in [2.75, 3.05) is 14.2 Å². The van der Waals surface area contributed by atoms with E-state index in [-0.39, 0.29) is 17.1 Å². The van der Waals surface area contributed by atoms with Crippen LogP contribution in [0.2, 0.25) is 0 Å². The first-order chi connectivity index (χ1) is 17.3. The van der Waals surface area contributed by atoms with E-state index < -0.39 is 17.6 Å². The second-order valence-corrected chi connectivity index (χ2v) is 8.03. The molecular weight excluding hydrogens is 462 g/mol. The molecule has 0 saturated carbocycles. The summed E-state index contributed by atoms with van der Waals surface area (Å²) in [6.07, 6.45) is 0.446. The van der Waals surface area contributed by atoms with Crippen molar-refractivity contribution in [2.45, 2.75) is 12.3 Å². The number of H-pyrrole nitrogens is 1. The van der Waals surface area contributed by atoms with Crippen LogP contribution in [0, 0.1) is 5.41 Å². The number of carboxylic acid groups (broad SMARTS) is 1. The Morgan fingerprint density at radius 3 is 2.42 bits per heavy atom. The van der Waals surface area contributed by atoms with Gasteiger partial charge in [0.1, 0.15) is 11.7 Å². The minimum Gasteiger partial charge on any atom is -0.493 e. The quantitative estimate of drug-likeness (QED) is 0.209. The number of nitrogen functional groups attached to an aromatic ring is 1. The van der Waals surface area contributed by atoms with Crippen LogP contribution in [0.3, 0.4) is 0 Å². The van der Waals surface area contributed by atoms with Crippen molar-refractivity contribution in [1.82, 2.24) is 14.8 Å². The molecular formula is C26H25N5O5. The van der Waals surface area contributed by atoms with Crippen LogP contribution in [-0.4, -0.2) is 45.9 Å². The van der Waals surface area contributed by atoms with Crippen LogP contribution < -0.4 is 20.9 Å². The number of aromatic carboxylic acids is 1. The molecule has 0 aliphatic carbocycles. The molecule has 1 aromatic heterocycles. The fraction of sp³-hybridized carbons (Fsp3) is 0.154. The molecule has 0 bridgehead atoms. The molecule has 1 unspecified atom stereocenters. The van der Waals surface area contributed by atoms with Crippen molar-refractivity contribution in [3.8, 4) is 17.2 Å². The van der Waals surface area contributed by atoms with E-state index in [2.05, 4.69) is 10.1 Å². The highest BCUT2D eigenvalue weighted by molar-refractivity contribution is 5.94. The summed E-state index contributed by atoms with van der Waals surface area (Å²) < 4.78 is 11.9. The van der Waals surface area contributed by atoms with Crippen molar-refractivity contribution >= 4 is 11.8 Å². The number of aromatic nitrogens is 3. The Morgan fingerprint density at radius 2 is 1.78 bits per heavy atom. The molecule has 0 amide bonds. The van der Waals surface area contributed by atoms with E-state index in [1.165, 1.54) is 19.2 Å². The SMILES string of the molecule is COc1ccc(C(Cc2ccc(C(=N)N)cc2)c2nn(-c3ccccc3C(=O)O)c(=O)[nH]2)cc1OC. The maximum absolute atomic E-state index is 12.9. The van der Waals surface area contributed by atoms with Crippen LogP contribution in [-0.2, 0) is 6.42 Å². The first kappa shape index (κ1) is 24.3. The van der Waals surface area contributed by atoms with Gasteiger partial charge in [-0.2, -0.15) is 4.68 Å². The maximum Gasteiger partial charge on any atom is 0.348 e. The Labute approximate surface area is 206 Å². The monoisotopic (exact) mass is 487 g/mol. The fourth-order valence-electron chi connectivity index (χ4n) is 4.00. The predicted octanol–water partition coefficient (Wildman–Crippen LogP) is 2.93. The minimum atomic E-state index is -1.16. The van der Waals surface area contributed by atoms with Gasteiger partial charge in [0.2, 0.25) is 0 Å². The summed E-state index contributed by atoms with van der Waals surface area (Å²) in [6, 6.07) is 18.9. The topological polar surface area (TPSA) is 156 Å². The maximum atomic E-state index is 12.9. The molecule has 0 saturated heterocycles. The van der Waals surface area contributed by atoms with Gasteiger partial charge in [0.15, 0.2) is 11.5 Å². The molecule has 0 spiro atoms. The number of hydrogen-bond donors (Lipinski definition) is 4. The average Bonchev–Trinajstić information content (AvgIpc) is 3.27. The molecule has 0 fully saturated rings. The van der Waals surface area contributed by atoms with Gasteiger partial charge in [-0.15, -0.1) is 5.10 Å². The number of carbonyl (C=O) groups is 1. The van der Waals surface area contributed by atoms with Crippen molar-refractivity contribution in [2.24, 2.45) is 5.73 Å². The fourth-order valence-corrected chi connectivity index (χ4v) is 4.00. The number of carboxylic acids is 1. The smallest absolute Gasteiger partial charge is 0.348 e. The van der Waals surface area contributed by atoms with E-state index in [0.717, 1.165) is 15.8 Å². The lowest BCUT2D eigenvalue weighted by Crippen LogP contribution is -2.18. The zero-order valence-corrected chi connectivity index (χ0v) is 19.7. The van der Waals surface area contributed by atoms with Crippen molar-refractivity contribution in [3.63, 3.8) is 0 Å². The Bertz CT molecular complexity index is 1470. The predicted molar refractivity (Wildman–Crippen MR) is 134 cm³/mol. The number of ether oxygens (including phenoxy) is 2. The highest BCUT2D eigenvalue weighted by Crippen LogP contribution is 2.34. The highest BCUT2D eigenvalue weighted by Gasteiger charge is 2.23. The van der Waals surface area contributed by atoms with Gasteiger partial charge in [0, 0.05) is 11.5 Å². The summed E-state index contributed by atoms with van der Waals surface area (Å²) in [5.74, 6) is -0.186. The summed E-state index contributed by atoms with van der Waals surface area (Å²) in [4.78, 5) is 27.4. The number of hydrogen-bond acceptors (Lipinski definition) is 6. The van der Waals surface area contributed by atoms with E-state index in [1.807, 2.05) is 24.3 Å². The molecule has 0 radical (unpaired) electrons. The lowest BCUT2D eigenvalue weighted by molar-refractivity contribution is 0.0696. The number of para-hydroxylation sites is 1. The van der Waals surface area contributed by atoms with Crippen LogP contribution in [0.4, 0.5) is 0 Å². The van der Waals surface area contributed by atoms with E-state index in [9.17, 15) is 14.7 Å². The van der Waals surface area contributed by atoms with Crippen LogP contribution in [0.25, 0.3) is 5.69 Å². The second-order valence-electron chi connectivity index (χ2n) is 8.03. The summed E-state index contributed by atoms with van der Waals surface area (Å²) >= 11 is 0. The van der Waals surface area contributed by atoms with Gasteiger partial charge < -0.3 is 20.3 Å². The molecule has 36 heavy (non-hydrogen) atoms. The number of amidine groups is 1. The summed E-state index contributed by atoms with van der Waals surface area (Å²) in [7, 11) is 3.08. The number of aromatic amines is 1. The number of rotatable bonds is 9. The van der Waals surface area contributed by atoms with Crippen LogP contribution in [0.15, 0.2) is 71.5 Å². The van der Waals surface area contributed by atoms with Gasteiger partial charge in [0.05, 0.1) is 25.5 Å². The van der Waals surface area contributed by atoms with Gasteiger partial charge in [-0.3, -0.25) is 10.4 Å². The zero-order valence-electron chi connectivity index (χ0n) is 19.7. The first-order valence-electron chi connectivity index (χ1n) is 11.0. The van der Waals surface area contributed by atoms with Gasteiger partial charge in [0.25, 0.3) is 0 Å². The first-order valence-corrected chi connectivity index (χ1v) is 11.0. The van der Waals surface area contributed by atoms with Crippen molar-refractivity contribution in [1.29, 1.82) is 5.41 Å². The van der Waals surface area contributed by atoms with Crippen molar-refractivity contribution in [3.05, 3.63) is 105 Å².